The molecule has 11 heteroatoms. The van der Waals surface area contributed by atoms with Gasteiger partial charge >= 0.3 is 0 Å². The molecule has 1 aliphatic rings. The summed E-state index contributed by atoms with van der Waals surface area (Å²) in [6.45, 7) is 3.06. The number of amides is 2. The Hall–Kier alpha value is -4.58. The number of rotatable bonds is 12. The lowest BCUT2D eigenvalue weighted by Gasteiger charge is -2.31. The largest absolute Gasteiger partial charge is 0.484 e. The molecule has 1 saturated heterocycles. The highest BCUT2D eigenvalue weighted by Crippen LogP contribution is 2.26. The predicted molar refractivity (Wildman–Crippen MR) is 171 cm³/mol. The zero-order valence-corrected chi connectivity index (χ0v) is 26.3. The number of ether oxygens (including phenoxy) is 2. The number of hydrogen-bond acceptors (Lipinski definition) is 6. The van der Waals surface area contributed by atoms with Gasteiger partial charge in [-0.1, -0.05) is 72.3 Å². The quantitative estimate of drug-likeness (QED) is 0.241. The smallest absolute Gasteiger partial charge is 0.261 e. The molecule has 4 aromatic carbocycles. The molecular weight excluding hydrogens is 609 g/mol. The van der Waals surface area contributed by atoms with Gasteiger partial charge in [0.05, 0.1) is 18.1 Å². The van der Waals surface area contributed by atoms with Crippen LogP contribution in [0.15, 0.2) is 108 Å². The molecule has 5 rings (SSSR count). The molecule has 46 heavy (non-hydrogen) atoms. The second kappa shape index (κ2) is 15.1. The standard InChI is InChI=1S/C35H36FN3O6S/c1-26-7-9-27(10-8-26)23-37-35(41)34(29-5-3-2-4-6-29)39(24-28-11-13-30(36)14-12-28)33(40)25-45-31-15-17-32(18-16-31)46(42,43)38-19-21-44-22-20-38/h2-18,34H,19-25H2,1H3,(H,37,41). The van der Waals surface area contributed by atoms with Crippen LogP contribution in [0.1, 0.15) is 28.3 Å². The number of nitrogens with zero attached hydrogens (tertiary/aromatic N) is 2. The number of hydrogen-bond donors (Lipinski definition) is 1. The Morgan fingerprint density at radius 1 is 0.891 bits per heavy atom. The van der Waals surface area contributed by atoms with Gasteiger partial charge in [-0.05, 0) is 60.0 Å². The van der Waals surface area contributed by atoms with Crippen LogP contribution in [-0.4, -0.2) is 62.3 Å². The third-order valence-electron chi connectivity index (χ3n) is 7.64. The monoisotopic (exact) mass is 645 g/mol. The van der Waals surface area contributed by atoms with Gasteiger partial charge in [0.15, 0.2) is 6.61 Å². The molecule has 0 aliphatic carbocycles. The van der Waals surface area contributed by atoms with Crippen LogP contribution >= 0.6 is 0 Å². The Labute approximate surface area is 268 Å². The van der Waals surface area contributed by atoms with Gasteiger partial charge in [0, 0.05) is 26.2 Å². The SMILES string of the molecule is Cc1ccc(CNC(=O)C(c2ccccc2)N(Cc2ccc(F)cc2)C(=O)COc2ccc(S(=O)(=O)N3CCOCC3)cc2)cc1. The van der Waals surface area contributed by atoms with Crippen molar-refractivity contribution in [3.05, 3.63) is 131 Å². The van der Waals surface area contributed by atoms with Crippen molar-refractivity contribution in [1.29, 1.82) is 0 Å². The molecule has 0 radical (unpaired) electrons. The molecule has 4 aromatic rings. The lowest BCUT2D eigenvalue weighted by Crippen LogP contribution is -2.45. The first-order chi connectivity index (χ1) is 22.2. The Bertz CT molecular complexity index is 1710. The number of aryl methyl sites for hydroxylation is 1. The summed E-state index contributed by atoms with van der Waals surface area (Å²) in [5.41, 5.74) is 3.22. The molecule has 1 heterocycles. The van der Waals surface area contributed by atoms with Crippen molar-refractivity contribution in [3.63, 3.8) is 0 Å². The molecule has 1 aliphatic heterocycles. The minimum atomic E-state index is -3.69. The Kier molecular flexibility index (Phi) is 10.8. The van der Waals surface area contributed by atoms with Crippen molar-refractivity contribution in [2.45, 2.75) is 31.0 Å². The second-order valence-electron chi connectivity index (χ2n) is 10.9. The molecule has 1 fully saturated rings. The molecule has 9 nitrogen and oxygen atoms in total. The lowest BCUT2D eigenvalue weighted by molar-refractivity contribution is -0.143. The average Bonchev–Trinajstić information content (AvgIpc) is 3.08. The number of benzene rings is 4. The Balaban J connectivity index is 1.36. The van der Waals surface area contributed by atoms with E-state index in [9.17, 15) is 22.4 Å². The number of nitrogens with one attached hydrogen (secondary N) is 1. The van der Waals surface area contributed by atoms with Gasteiger partial charge in [0.1, 0.15) is 17.6 Å². The van der Waals surface area contributed by atoms with Crippen molar-refractivity contribution in [2.75, 3.05) is 32.9 Å². The van der Waals surface area contributed by atoms with Crippen LogP contribution in [0.4, 0.5) is 4.39 Å². The zero-order valence-electron chi connectivity index (χ0n) is 25.5. The van der Waals surface area contributed by atoms with E-state index in [4.69, 9.17) is 9.47 Å². The topological polar surface area (TPSA) is 105 Å². The molecular formula is C35H36FN3O6S. The van der Waals surface area contributed by atoms with Gasteiger partial charge in [-0.2, -0.15) is 4.31 Å². The predicted octanol–water partition coefficient (Wildman–Crippen LogP) is 4.62. The molecule has 0 spiro atoms. The summed E-state index contributed by atoms with van der Waals surface area (Å²) >= 11 is 0. The van der Waals surface area contributed by atoms with Gasteiger partial charge in [-0.25, -0.2) is 12.8 Å². The Morgan fingerprint density at radius 2 is 1.52 bits per heavy atom. The summed E-state index contributed by atoms with van der Waals surface area (Å²) in [6.07, 6.45) is 0. The molecule has 1 atom stereocenters. The van der Waals surface area contributed by atoms with Crippen molar-refractivity contribution in [1.82, 2.24) is 14.5 Å². The van der Waals surface area contributed by atoms with E-state index in [0.29, 0.717) is 24.3 Å². The van der Waals surface area contributed by atoms with E-state index in [1.165, 1.54) is 45.6 Å². The fourth-order valence-corrected chi connectivity index (χ4v) is 6.49. The first kappa shape index (κ1) is 32.8. The van der Waals surface area contributed by atoms with Gasteiger partial charge in [-0.15, -0.1) is 0 Å². The van der Waals surface area contributed by atoms with Crippen molar-refractivity contribution < 1.29 is 31.9 Å². The number of sulfonamides is 1. The number of morpholine rings is 1. The average molecular weight is 646 g/mol. The second-order valence-corrected chi connectivity index (χ2v) is 12.9. The van der Waals surface area contributed by atoms with E-state index in [0.717, 1.165) is 11.1 Å². The molecule has 2 amide bonds. The van der Waals surface area contributed by atoms with Crippen molar-refractivity contribution in [3.8, 4) is 5.75 Å². The van der Waals surface area contributed by atoms with Crippen LogP contribution in [-0.2, 0) is 37.4 Å². The summed E-state index contributed by atoms with van der Waals surface area (Å²) < 4.78 is 52.1. The normalized spacial score (nSPS) is 14.3. The molecule has 0 bridgehead atoms. The third kappa shape index (κ3) is 8.36. The fraction of sp³-hybridized carbons (Fsp3) is 0.257. The van der Waals surface area contributed by atoms with E-state index in [2.05, 4.69) is 5.32 Å². The number of carbonyl (C=O) groups excluding carboxylic acids is 2. The fourth-order valence-electron chi connectivity index (χ4n) is 5.08. The van der Waals surface area contributed by atoms with Gasteiger partial charge in [0.2, 0.25) is 15.9 Å². The molecule has 0 aromatic heterocycles. The molecule has 1 N–H and O–H groups in total. The van der Waals surface area contributed by atoms with E-state index >= 15 is 0 Å². The minimum absolute atomic E-state index is 0.0106. The summed E-state index contributed by atoms with van der Waals surface area (Å²) in [6, 6.07) is 27.3. The summed E-state index contributed by atoms with van der Waals surface area (Å²) in [5.74, 6) is -1.01. The minimum Gasteiger partial charge on any atom is -0.484 e. The zero-order chi connectivity index (χ0) is 32.5. The van der Waals surface area contributed by atoms with Crippen LogP contribution < -0.4 is 10.1 Å². The van der Waals surface area contributed by atoms with Crippen molar-refractivity contribution in [2.24, 2.45) is 0 Å². The number of carbonyl (C=O) groups is 2. The van der Waals surface area contributed by atoms with Crippen LogP contribution in [0.25, 0.3) is 0 Å². The molecule has 0 saturated carbocycles. The highest BCUT2D eigenvalue weighted by Gasteiger charge is 2.32. The van der Waals surface area contributed by atoms with Crippen LogP contribution in [0.3, 0.4) is 0 Å². The van der Waals surface area contributed by atoms with Crippen LogP contribution in [0.5, 0.6) is 5.75 Å². The van der Waals surface area contributed by atoms with Gasteiger partial charge in [0.25, 0.3) is 5.91 Å². The van der Waals surface area contributed by atoms with Gasteiger partial charge < -0.3 is 19.7 Å². The Morgan fingerprint density at radius 3 is 2.17 bits per heavy atom. The highest BCUT2D eigenvalue weighted by atomic mass is 32.2. The summed E-state index contributed by atoms with van der Waals surface area (Å²) in [5, 5.41) is 2.97. The van der Waals surface area contributed by atoms with Crippen LogP contribution in [0, 0.1) is 12.7 Å². The third-order valence-corrected chi connectivity index (χ3v) is 9.56. The lowest BCUT2D eigenvalue weighted by atomic mass is 10.0. The summed E-state index contributed by atoms with van der Waals surface area (Å²) in [7, 11) is -3.69. The van der Waals surface area contributed by atoms with E-state index in [1.54, 1.807) is 36.4 Å². The van der Waals surface area contributed by atoms with Gasteiger partial charge in [-0.3, -0.25) is 9.59 Å². The van der Waals surface area contributed by atoms with E-state index < -0.39 is 34.4 Å². The summed E-state index contributed by atoms with van der Waals surface area (Å²) in [4.78, 5) is 29.2. The van der Waals surface area contributed by atoms with Crippen molar-refractivity contribution >= 4 is 21.8 Å². The van der Waals surface area contributed by atoms with E-state index in [-0.39, 0.29) is 42.7 Å². The maximum atomic E-state index is 13.9. The first-order valence-corrected chi connectivity index (χ1v) is 16.4. The molecule has 1 unspecified atom stereocenters. The first-order valence-electron chi connectivity index (χ1n) is 14.9. The number of halogens is 1. The van der Waals surface area contributed by atoms with E-state index in [1.807, 2.05) is 37.3 Å². The maximum Gasteiger partial charge on any atom is 0.261 e. The highest BCUT2D eigenvalue weighted by molar-refractivity contribution is 7.89. The maximum absolute atomic E-state index is 13.9. The van der Waals surface area contributed by atoms with Crippen LogP contribution in [0.2, 0.25) is 0 Å². The molecule has 240 valence electrons.